The van der Waals surface area contributed by atoms with Gasteiger partial charge in [0.1, 0.15) is 11.3 Å². The summed E-state index contributed by atoms with van der Waals surface area (Å²) in [7, 11) is 0. The van der Waals surface area contributed by atoms with Crippen LogP contribution in [0.2, 0.25) is 0 Å². The van der Waals surface area contributed by atoms with E-state index in [9.17, 15) is 9.59 Å². The number of hydrogen-bond donors (Lipinski definition) is 0. The molecule has 1 atom stereocenters. The van der Waals surface area contributed by atoms with Crippen LogP contribution in [0.1, 0.15) is 30.5 Å². The van der Waals surface area contributed by atoms with Gasteiger partial charge in [-0.25, -0.2) is 4.79 Å². The quantitative estimate of drug-likeness (QED) is 0.807. The average Bonchev–Trinajstić information content (AvgIpc) is 2.40. The molecule has 0 saturated carbocycles. The van der Waals surface area contributed by atoms with Gasteiger partial charge in [0.2, 0.25) is 0 Å². The summed E-state index contributed by atoms with van der Waals surface area (Å²) < 4.78 is 11.0. The van der Waals surface area contributed by atoms with E-state index in [0.29, 0.717) is 16.9 Å². The lowest BCUT2D eigenvalue weighted by Gasteiger charge is -2.15. The van der Waals surface area contributed by atoms with E-state index in [2.05, 4.69) is 0 Å². The van der Waals surface area contributed by atoms with Gasteiger partial charge >= 0.3 is 5.63 Å². The summed E-state index contributed by atoms with van der Waals surface area (Å²) in [5.41, 5.74) is 2.44. The second-order valence-corrected chi connectivity index (χ2v) is 5.08. The summed E-state index contributed by atoms with van der Waals surface area (Å²) in [6.07, 6.45) is -0.524. The Morgan fingerprint density at radius 3 is 2.40 bits per heavy atom. The van der Waals surface area contributed by atoms with Gasteiger partial charge in [-0.05, 0) is 52.3 Å². The largest absolute Gasteiger partial charge is 0.483 e. The Balaban J connectivity index is 2.63. The predicted molar refractivity (Wildman–Crippen MR) is 77.5 cm³/mol. The first kappa shape index (κ1) is 14.3. The van der Waals surface area contributed by atoms with Gasteiger partial charge < -0.3 is 9.15 Å². The van der Waals surface area contributed by atoms with Crippen molar-refractivity contribution >= 4 is 16.8 Å². The molecule has 0 aliphatic rings. The lowest BCUT2D eigenvalue weighted by molar-refractivity contribution is -0.122. The molecule has 0 amide bonds. The Bertz CT molecular complexity index is 740. The van der Waals surface area contributed by atoms with Crippen molar-refractivity contribution in [1.29, 1.82) is 0 Å². The maximum Gasteiger partial charge on any atom is 0.339 e. The van der Waals surface area contributed by atoms with Crippen molar-refractivity contribution in [2.75, 3.05) is 0 Å². The molecule has 0 bridgehead atoms. The zero-order chi connectivity index (χ0) is 15.0. The molecular weight excluding hydrogens is 256 g/mol. The van der Waals surface area contributed by atoms with E-state index in [0.717, 1.165) is 16.5 Å². The number of rotatable bonds is 3. The molecule has 0 spiro atoms. The number of benzene rings is 1. The van der Waals surface area contributed by atoms with Gasteiger partial charge in [-0.15, -0.1) is 0 Å². The van der Waals surface area contributed by atoms with Crippen molar-refractivity contribution in [3.05, 3.63) is 39.2 Å². The van der Waals surface area contributed by atoms with Crippen LogP contribution in [-0.4, -0.2) is 11.9 Å². The molecule has 0 saturated heterocycles. The molecule has 0 aliphatic carbocycles. The normalized spacial score (nSPS) is 12.4. The number of Topliss-reactive ketones (excluding diaryl/α,β-unsaturated/α-hetero) is 1. The number of carbonyl (C=O) groups excluding carboxylic acids is 1. The molecule has 0 radical (unpaired) electrons. The van der Waals surface area contributed by atoms with Crippen molar-refractivity contribution in [3.63, 3.8) is 0 Å². The van der Waals surface area contributed by atoms with Crippen LogP contribution in [0.5, 0.6) is 5.75 Å². The molecule has 2 rings (SSSR count). The van der Waals surface area contributed by atoms with Gasteiger partial charge in [-0.2, -0.15) is 0 Å². The van der Waals surface area contributed by atoms with E-state index in [1.54, 1.807) is 13.8 Å². The zero-order valence-corrected chi connectivity index (χ0v) is 12.4. The van der Waals surface area contributed by atoms with Gasteiger partial charge in [-0.3, -0.25) is 4.79 Å². The average molecular weight is 274 g/mol. The van der Waals surface area contributed by atoms with Crippen LogP contribution in [0.4, 0.5) is 0 Å². The smallest absolute Gasteiger partial charge is 0.339 e. The molecule has 2 aromatic rings. The predicted octanol–water partition coefficient (Wildman–Crippen LogP) is 3.07. The Kier molecular flexibility index (Phi) is 3.66. The number of ketones is 1. The number of hydrogen-bond acceptors (Lipinski definition) is 4. The third-order valence-corrected chi connectivity index (χ3v) is 3.70. The standard InChI is InChI=1S/C16H18O4/c1-8-9(2)16(18)20-15-10(3)14(7-6-13(8)15)19-12(5)11(4)17/h6-7,12H,1-5H3/t12-/m1/s1. The minimum Gasteiger partial charge on any atom is -0.483 e. The van der Waals surface area contributed by atoms with E-state index in [1.807, 2.05) is 26.0 Å². The SMILES string of the molecule is CC(=O)[C@@H](C)Oc1ccc2c(C)c(C)c(=O)oc2c1C. The van der Waals surface area contributed by atoms with Crippen molar-refractivity contribution in [3.8, 4) is 5.75 Å². The topological polar surface area (TPSA) is 56.5 Å². The second-order valence-electron chi connectivity index (χ2n) is 5.08. The highest BCUT2D eigenvalue weighted by Crippen LogP contribution is 2.29. The highest BCUT2D eigenvalue weighted by Gasteiger charge is 2.15. The minimum absolute atomic E-state index is 0.0500. The third-order valence-electron chi connectivity index (χ3n) is 3.70. The van der Waals surface area contributed by atoms with Gasteiger partial charge in [0.15, 0.2) is 11.9 Å². The van der Waals surface area contributed by atoms with Crippen LogP contribution in [0.15, 0.2) is 21.3 Å². The molecular formula is C16H18O4. The third kappa shape index (κ3) is 2.33. The summed E-state index contributed by atoms with van der Waals surface area (Å²) in [4.78, 5) is 23.1. The zero-order valence-electron chi connectivity index (χ0n) is 12.4. The molecule has 1 aromatic carbocycles. The van der Waals surface area contributed by atoms with E-state index in [-0.39, 0.29) is 11.4 Å². The molecule has 106 valence electrons. The lowest BCUT2D eigenvalue weighted by atomic mass is 10.0. The van der Waals surface area contributed by atoms with Gasteiger partial charge in [0.25, 0.3) is 0 Å². The molecule has 0 N–H and O–H groups in total. The summed E-state index contributed by atoms with van der Waals surface area (Å²) in [5.74, 6) is 0.512. The van der Waals surface area contributed by atoms with E-state index >= 15 is 0 Å². The fraction of sp³-hybridized carbons (Fsp3) is 0.375. The van der Waals surface area contributed by atoms with E-state index in [4.69, 9.17) is 9.15 Å². The first-order valence-electron chi connectivity index (χ1n) is 6.53. The van der Waals surface area contributed by atoms with Crippen molar-refractivity contribution in [2.45, 2.75) is 40.7 Å². The fourth-order valence-electron chi connectivity index (χ4n) is 2.03. The number of carbonyl (C=O) groups is 1. The highest BCUT2D eigenvalue weighted by atomic mass is 16.5. The monoisotopic (exact) mass is 274 g/mol. The first-order valence-corrected chi connectivity index (χ1v) is 6.53. The molecule has 0 aliphatic heterocycles. The summed E-state index contributed by atoms with van der Waals surface area (Å²) in [5, 5.41) is 0.891. The summed E-state index contributed by atoms with van der Waals surface area (Å²) >= 11 is 0. The van der Waals surface area contributed by atoms with Gasteiger partial charge in [0, 0.05) is 16.5 Å². The maximum atomic E-state index is 11.8. The van der Waals surface area contributed by atoms with Crippen molar-refractivity contribution < 1.29 is 13.9 Å². The summed E-state index contributed by atoms with van der Waals surface area (Å²) in [6, 6.07) is 3.67. The van der Waals surface area contributed by atoms with Crippen LogP contribution >= 0.6 is 0 Å². The van der Waals surface area contributed by atoms with Gasteiger partial charge in [-0.1, -0.05) is 0 Å². The second kappa shape index (κ2) is 5.12. The Hall–Kier alpha value is -2.10. The van der Waals surface area contributed by atoms with Gasteiger partial charge in [0.05, 0.1) is 0 Å². The number of aryl methyl sites for hydroxylation is 2. The maximum absolute atomic E-state index is 11.8. The lowest BCUT2D eigenvalue weighted by Crippen LogP contribution is -2.21. The molecule has 1 aromatic heterocycles. The Morgan fingerprint density at radius 1 is 1.15 bits per heavy atom. The van der Waals surface area contributed by atoms with Crippen LogP contribution in [0.25, 0.3) is 11.0 Å². The van der Waals surface area contributed by atoms with E-state index < -0.39 is 6.10 Å². The minimum atomic E-state index is -0.524. The van der Waals surface area contributed by atoms with Crippen LogP contribution < -0.4 is 10.4 Å². The highest BCUT2D eigenvalue weighted by molar-refractivity contribution is 5.86. The molecule has 4 nitrogen and oxygen atoms in total. The number of ether oxygens (including phenoxy) is 1. The Labute approximate surface area is 117 Å². The van der Waals surface area contributed by atoms with Crippen LogP contribution in [0, 0.1) is 20.8 Å². The molecule has 4 heteroatoms. The fourth-order valence-corrected chi connectivity index (χ4v) is 2.03. The molecule has 1 heterocycles. The molecule has 0 unspecified atom stereocenters. The van der Waals surface area contributed by atoms with E-state index in [1.165, 1.54) is 6.92 Å². The number of fused-ring (bicyclic) bond motifs is 1. The summed E-state index contributed by atoms with van der Waals surface area (Å²) in [6.45, 7) is 8.64. The van der Waals surface area contributed by atoms with Crippen LogP contribution in [-0.2, 0) is 4.79 Å². The van der Waals surface area contributed by atoms with Crippen molar-refractivity contribution in [1.82, 2.24) is 0 Å². The van der Waals surface area contributed by atoms with Crippen molar-refractivity contribution in [2.24, 2.45) is 0 Å². The first-order chi connectivity index (χ1) is 9.32. The molecule has 20 heavy (non-hydrogen) atoms. The molecule has 0 fully saturated rings. The Morgan fingerprint density at radius 2 is 1.80 bits per heavy atom. The van der Waals surface area contributed by atoms with Crippen LogP contribution in [0.3, 0.4) is 0 Å².